The highest BCUT2D eigenvalue weighted by Crippen LogP contribution is 2.52. The van der Waals surface area contributed by atoms with Gasteiger partial charge in [0.2, 0.25) is 5.91 Å². The summed E-state index contributed by atoms with van der Waals surface area (Å²) >= 11 is 13.1. The number of fused-ring (bicyclic) bond motifs is 4. The van der Waals surface area contributed by atoms with Gasteiger partial charge in [-0.05, 0) is 81.5 Å². The highest BCUT2D eigenvalue weighted by atomic mass is 35.5. The first kappa shape index (κ1) is 33.8. The minimum Gasteiger partial charge on any atom is -0.337 e. The van der Waals surface area contributed by atoms with Crippen molar-refractivity contribution in [2.45, 2.75) is 96.3 Å². The van der Waals surface area contributed by atoms with Crippen molar-refractivity contribution < 1.29 is 9.18 Å². The fourth-order valence-electron chi connectivity index (χ4n) is 9.51. The van der Waals surface area contributed by atoms with E-state index in [-0.39, 0.29) is 58.9 Å². The smallest absolute Gasteiger partial charge is 0.226 e. The number of halogens is 3. The largest absolute Gasteiger partial charge is 0.337 e. The van der Waals surface area contributed by atoms with Gasteiger partial charge in [0.05, 0.1) is 51.1 Å². The third-order valence-corrected chi connectivity index (χ3v) is 12.9. The maximum atomic E-state index is 17.2. The van der Waals surface area contributed by atoms with Crippen molar-refractivity contribution in [1.82, 2.24) is 34.8 Å². The Hall–Kier alpha value is -4.04. The number of hydrogen-bond donors (Lipinski definition) is 1. The molecule has 9 nitrogen and oxygen atoms in total. The number of pyridine rings is 1. The van der Waals surface area contributed by atoms with Gasteiger partial charge in [0, 0.05) is 64.8 Å². The highest BCUT2D eigenvalue weighted by Gasteiger charge is 2.51. The Morgan fingerprint density at radius 3 is 2.63 bits per heavy atom. The van der Waals surface area contributed by atoms with Gasteiger partial charge in [-0.3, -0.25) is 4.79 Å². The molecule has 0 spiro atoms. The molecule has 5 aliphatic rings. The Labute approximate surface area is 312 Å². The van der Waals surface area contributed by atoms with Crippen LogP contribution in [0.3, 0.4) is 0 Å². The lowest BCUT2D eigenvalue weighted by atomic mass is 9.79. The first-order valence-electron chi connectivity index (χ1n) is 18.5. The van der Waals surface area contributed by atoms with Crippen molar-refractivity contribution in [3.05, 3.63) is 74.5 Å². The molecule has 5 aromatic rings. The van der Waals surface area contributed by atoms with E-state index in [2.05, 4.69) is 55.8 Å². The van der Waals surface area contributed by atoms with E-state index < -0.39 is 5.82 Å². The van der Waals surface area contributed by atoms with Crippen LogP contribution in [0.15, 0.2) is 30.3 Å². The molecule has 12 heteroatoms. The number of aryl methyl sites for hydroxylation is 3. The zero-order chi connectivity index (χ0) is 36.2. The third-order valence-electron chi connectivity index (χ3n) is 12.1. The second-order valence-electron chi connectivity index (χ2n) is 15.6. The van der Waals surface area contributed by atoms with Crippen molar-refractivity contribution in [2.24, 2.45) is 11.8 Å². The summed E-state index contributed by atoms with van der Waals surface area (Å²) in [5, 5.41) is 24.7. The van der Waals surface area contributed by atoms with Crippen LogP contribution in [0.5, 0.6) is 0 Å². The van der Waals surface area contributed by atoms with Crippen molar-refractivity contribution >= 4 is 50.9 Å². The summed E-state index contributed by atoms with van der Waals surface area (Å²) in [6.45, 7) is 9.76. The van der Waals surface area contributed by atoms with E-state index in [0.717, 1.165) is 59.5 Å². The molecule has 0 radical (unpaired) electrons. The Balaban J connectivity index is 1.29. The molecule has 10 rings (SSSR count). The van der Waals surface area contributed by atoms with E-state index in [4.69, 9.17) is 28.2 Å². The SMILES string of the molecule is Cc1nnn(C2CC(c3cc4c(C)nc5c(F)c(-c6cccc(Cl)c6Cl)c(CCC#N)cc5c4n3C3C4CNC3C4)N(C(=O)C3CC3)C2)c1C(C)C. The molecule has 6 heterocycles. The number of likely N-dealkylation sites (tertiary alicyclic amines) is 1. The van der Waals surface area contributed by atoms with Crippen molar-refractivity contribution in [3.63, 3.8) is 0 Å². The van der Waals surface area contributed by atoms with E-state index in [0.29, 0.717) is 52.4 Å². The van der Waals surface area contributed by atoms with Crippen LogP contribution in [0.1, 0.15) is 98.3 Å². The molecular weight excluding hydrogens is 698 g/mol. The van der Waals surface area contributed by atoms with Gasteiger partial charge in [-0.25, -0.2) is 14.1 Å². The molecule has 52 heavy (non-hydrogen) atoms. The molecule has 5 unspecified atom stereocenters. The zero-order valence-corrected chi connectivity index (χ0v) is 31.3. The molecule has 2 aromatic carbocycles. The van der Waals surface area contributed by atoms with Crippen LogP contribution in [-0.2, 0) is 11.2 Å². The zero-order valence-electron chi connectivity index (χ0n) is 29.8. The summed E-state index contributed by atoms with van der Waals surface area (Å²) in [5.74, 6) is 0.445. The summed E-state index contributed by atoms with van der Waals surface area (Å²) in [6.07, 6.45) is 4.18. The van der Waals surface area contributed by atoms with Crippen LogP contribution in [0.25, 0.3) is 32.9 Å². The molecule has 5 fully saturated rings. The fourth-order valence-corrected chi connectivity index (χ4v) is 9.91. The van der Waals surface area contributed by atoms with Crippen LogP contribution >= 0.6 is 23.2 Å². The van der Waals surface area contributed by atoms with Crippen LogP contribution < -0.4 is 5.32 Å². The Kier molecular flexibility index (Phi) is 8.14. The predicted molar refractivity (Wildman–Crippen MR) is 200 cm³/mol. The average Bonchev–Trinajstić information content (AvgIpc) is 3.54. The van der Waals surface area contributed by atoms with E-state index in [1.807, 2.05) is 19.9 Å². The van der Waals surface area contributed by atoms with Crippen molar-refractivity contribution in [3.8, 4) is 17.2 Å². The summed E-state index contributed by atoms with van der Waals surface area (Å²) in [5.41, 5.74) is 6.50. The Bertz CT molecular complexity index is 2320. The van der Waals surface area contributed by atoms with Gasteiger partial charge in [0.1, 0.15) is 5.52 Å². The number of benzene rings is 2. The number of nitrogens with one attached hydrogen (secondary N) is 1. The quantitative estimate of drug-likeness (QED) is 0.171. The third kappa shape index (κ3) is 5.10. The van der Waals surface area contributed by atoms with Gasteiger partial charge in [-0.2, -0.15) is 5.26 Å². The van der Waals surface area contributed by atoms with E-state index in [1.165, 1.54) is 0 Å². The second-order valence-corrected chi connectivity index (χ2v) is 16.4. The first-order chi connectivity index (χ1) is 25.1. The predicted octanol–water partition coefficient (Wildman–Crippen LogP) is 8.55. The average molecular weight is 740 g/mol. The minimum atomic E-state index is -0.474. The molecule has 2 aliphatic carbocycles. The molecule has 3 aliphatic heterocycles. The molecule has 1 N–H and O–H groups in total. The lowest BCUT2D eigenvalue weighted by Gasteiger charge is -2.39. The van der Waals surface area contributed by atoms with Gasteiger partial charge >= 0.3 is 0 Å². The number of nitrogens with zero attached hydrogens (tertiary/aromatic N) is 7. The Morgan fingerprint density at radius 2 is 1.94 bits per heavy atom. The topological polar surface area (TPSA) is 105 Å². The van der Waals surface area contributed by atoms with Crippen LogP contribution in [-0.4, -0.2) is 54.5 Å². The van der Waals surface area contributed by atoms with Crippen LogP contribution in [0, 0.1) is 42.8 Å². The van der Waals surface area contributed by atoms with Gasteiger partial charge in [0.25, 0.3) is 0 Å². The maximum absolute atomic E-state index is 17.2. The number of nitriles is 1. The fraction of sp³-hybridized carbons (Fsp3) is 0.475. The van der Waals surface area contributed by atoms with Gasteiger partial charge < -0.3 is 14.8 Å². The number of rotatable bonds is 8. The van der Waals surface area contributed by atoms with E-state index in [9.17, 15) is 10.1 Å². The molecular formula is C40H41Cl2FN8O. The van der Waals surface area contributed by atoms with Crippen molar-refractivity contribution in [2.75, 3.05) is 13.1 Å². The van der Waals surface area contributed by atoms with Gasteiger partial charge in [0.15, 0.2) is 5.82 Å². The lowest BCUT2D eigenvalue weighted by Crippen LogP contribution is -2.41. The molecule has 1 amide bonds. The molecule has 2 saturated carbocycles. The number of carbonyl (C=O) groups excluding carboxylic acids is 1. The molecule has 3 aromatic heterocycles. The summed E-state index contributed by atoms with van der Waals surface area (Å²) in [4.78, 5) is 21.2. The number of amides is 1. The number of aromatic nitrogens is 5. The summed E-state index contributed by atoms with van der Waals surface area (Å²) in [7, 11) is 0. The summed E-state index contributed by atoms with van der Waals surface area (Å²) in [6, 6.07) is 11.9. The molecule has 3 saturated heterocycles. The van der Waals surface area contributed by atoms with Crippen molar-refractivity contribution in [1.29, 1.82) is 5.26 Å². The number of hydrogen-bond acceptors (Lipinski definition) is 6. The second kappa shape index (κ2) is 12.5. The molecule has 5 atom stereocenters. The molecule has 2 bridgehead atoms. The normalized spacial score (nSPS) is 24.0. The summed E-state index contributed by atoms with van der Waals surface area (Å²) < 4.78 is 21.7. The van der Waals surface area contributed by atoms with E-state index in [1.54, 1.807) is 18.2 Å². The first-order valence-corrected chi connectivity index (χ1v) is 19.3. The van der Waals surface area contributed by atoms with E-state index >= 15 is 4.39 Å². The van der Waals surface area contributed by atoms with Gasteiger partial charge in [-0.1, -0.05) is 54.4 Å². The maximum Gasteiger partial charge on any atom is 0.226 e. The van der Waals surface area contributed by atoms with Crippen LogP contribution in [0.2, 0.25) is 10.0 Å². The standard InChI is InChI=1S/C40H41Cl2FN8O/c1-19(2)37-21(4)47-48-51(37)25-15-31(49(18-25)40(52)22-10-11-22)32-16-27-20(3)46-36-28(39(27)50(32)38-24-14-30(38)45-17-24)13-23(7-6-12-44)33(35(36)43)26-8-5-9-29(41)34(26)42/h5,8-9,13,16,19,22,24-25,30-31,38,45H,6-7,10-11,14-15,17-18H2,1-4H3. The minimum absolute atomic E-state index is 0.0232. The Morgan fingerprint density at radius 1 is 1.13 bits per heavy atom. The highest BCUT2D eigenvalue weighted by molar-refractivity contribution is 6.43. The van der Waals surface area contributed by atoms with Crippen LogP contribution in [0.4, 0.5) is 4.39 Å². The monoisotopic (exact) mass is 738 g/mol. The molecule has 268 valence electrons. The van der Waals surface area contributed by atoms with Gasteiger partial charge in [-0.15, -0.1) is 5.10 Å². The number of carbonyl (C=O) groups is 1. The lowest BCUT2D eigenvalue weighted by molar-refractivity contribution is -0.133.